The van der Waals surface area contributed by atoms with Gasteiger partial charge in [0.25, 0.3) is 5.91 Å². The van der Waals surface area contributed by atoms with Gasteiger partial charge >= 0.3 is 6.09 Å². The van der Waals surface area contributed by atoms with Gasteiger partial charge in [-0.25, -0.2) is 4.79 Å². The van der Waals surface area contributed by atoms with Gasteiger partial charge in [0, 0.05) is 25.8 Å². The average molecular weight is 390 g/mol. The first-order valence-corrected chi connectivity index (χ1v) is 8.75. The molecule has 1 aromatic rings. The molecule has 2 amide bonds. The lowest BCUT2D eigenvalue weighted by Crippen LogP contribution is -2.34. The molecule has 0 saturated heterocycles. The largest absolute Gasteiger partial charge is 0.493 e. The van der Waals surface area contributed by atoms with E-state index in [2.05, 4.69) is 5.32 Å². The third-order valence-corrected chi connectivity index (χ3v) is 3.67. The van der Waals surface area contributed by atoms with E-state index >= 15 is 0 Å². The van der Waals surface area contributed by atoms with Gasteiger partial charge in [-0.15, -0.1) is 0 Å². The van der Waals surface area contributed by atoms with Crippen molar-refractivity contribution in [2.24, 2.45) is 5.73 Å². The molecule has 0 atom stereocenters. The fourth-order valence-electron chi connectivity index (χ4n) is 2.30. The van der Waals surface area contributed by atoms with Crippen molar-refractivity contribution in [1.82, 2.24) is 10.2 Å². The van der Waals surface area contributed by atoms with Crippen molar-refractivity contribution in [2.45, 2.75) is 13.3 Å². The summed E-state index contributed by atoms with van der Waals surface area (Å²) in [5.74, 6) is 0.619. The number of rotatable bonds is 10. The number of nitrogens with zero attached hydrogens (tertiary/aromatic N) is 2. The summed E-state index contributed by atoms with van der Waals surface area (Å²) in [6.45, 7) is 2.42. The second kappa shape index (κ2) is 12.2. The number of hydrogen-bond acceptors (Lipinski definition) is 7. The molecule has 28 heavy (non-hydrogen) atoms. The van der Waals surface area contributed by atoms with Crippen molar-refractivity contribution < 1.29 is 23.8 Å². The summed E-state index contributed by atoms with van der Waals surface area (Å²) in [6, 6.07) is 7.25. The number of nitrogens with two attached hydrogens (primary N) is 1. The molecule has 0 aliphatic heterocycles. The molecule has 0 aromatic heterocycles. The molecule has 9 nitrogen and oxygen atoms in total. The summed E-state index contributed by atoms with van der Waals surface area (Å²) in [4.78, 5) is 25.2. The van der Waals surface area contributed by atoms with Gasteiger partial charge in [-0.05, 0) is 31.0 Å². The molecule has 1 aromatic carbocycles. The fourth-order valence-corrected chi connectivity index (χ4v) is 2.30. The lowest BCUT2D eigenvalue weighted by Gasteiger charge is -2.17. The van der Waals surface area contributed by atoms with Gasteiger partial charge in [0.1, 0.15) is 11.6 Å². The summed E-state index contributed by atoms with van der Waals surface area (Å²) in [6.07, 6.45) is 1.00. The smallest absolute Gasteiger partial charge is 0.413 e. The molecule has 0 radical (unpaired) electrons. The second-order valence-corrected chi connectivity index (χ2v) is 5.53. The van der Waals surface area contributed by atoms with Crippen LogP contribution in [0.25, 0.3) is 0 Å². The Bertz CT molecular complexity index is 742. The summed E-state index contributed by atoms with van der Waals surface area (Å²) >= 11 is 0. The number of ether oxygens (including phenoxy) is 3. The fraction of sp³-hybridized carbons (Fsp3) is 0.421. The summed E-state index contributed by atoms with van der Waals surface area (Å²) in [7, 11) is 3.10. The number of nitrogens with one attached hydrogen (secondary N) is 1. The van der Waals surface area contributed by atoms with E-state index in [-0.39, 0.29) is 25.3 Å². The Morgan fingerprint density at radius 2 is 2.00 bits per heavy atom. The lowest BCUT2D eigenvalue weighted by atomic mass is 10.1. The molecule has 0 saturated carbocycles. The van der Waals surface area contributed by atoms with E-state index in [1.807, 2.05) is 12.1 Å². The Balaban J connectivity index is 2.73. The molecule has 9 heteroatoms. The van der Waals surface area contributed by atoms with Crippen LogP contribution in [0, 0.1) is 11.3 Å². The first-order chi connectivity index (χ1) is 13.5. The SMILES string of the molecule is CCOC(=O)N(/C=C(/C#N)C(=O)NCCc1ccc(OC)c(OC)c1)CCN. The third-order valence-electron chi connectivity index (χ3n) is 3.67. The van der Waals surface area contributed by atoms with Crippen LogP contribution in [0.2, 0.25) is 0 Å². The van der Waals surface area contributed by atoms with E-state index in [4.69, 9.17) is 19.9 Å². The second-order valence-electron chi connectivity index (χ2n) is 5.53. The minimum Gasteiger partial charge on any atom is -0.493 e. The molecular formula is C19H26N4O5. The highest BCUT2D eigenvalue weighted by Crippen LogP contribution is 2.27. The van der Waals surface area contributed by atoms with Gasteiger partial charge in [-0.1, -0.05) is 6.07 Å². The predicted molar refractivity (Wildman–Crippen MR) is 103 cm³/mol. The van der Waals surface area contributed by atoms with Crippen molar-refractivity contribution in [2.75, 3.05) is 40.5 Å². The molecule has 0 heterocycles. The molecule has 0 aliphatic rings. The Labute approximate surface area is 164 Å². The summed E-state index contributed by atoms with van der Waals surface area (Å²) in [5, 5.41) is 11.9. The minimum atomic E-state index is -0.668. The highest BCUT2D eigenvalue weighted by atomic mass is 16.6. The highest BCUT2D eigenvalue weighted by molar-refractivity contribution is 5.97. The number of methoxy groups -OCH3 is 2. The summed E-state index contributed by atoms with van der Waals surface area (Å²) < 4.78 is 15.3. The quantitative estimate of drug-likeness (QED) is 0.454. The molecule has 0 spiro atoms. The van der Waals surface area contributed by atoms with Crippen LogP contribution in [0.5, 0.6) is 11.5 Å². The average Bonchev–Trinajstić information content (AvgIpc) is 2.70. The molecule has 0 unspecified atom stereocenters. The maximum absolute atomic E-state index is 12.3. The molecule has 3 N–H and O–H groups in total. The Hall–Kier alpha value is -3.25. The number of amides is 2. The van der Waals surface area contributed by atoms with Crippen LogP contribution in [0.3, 0.4) is 0 Å². The standard InChI is InChI=1S/C19H26N4O5/c1-4-28-19(25)23(10-8-20)13-15(12-21)18(24)22-9-7-14-5-6-16(26-2)17(11-14)27-3/h5-6,11,13H,4,7-10,20H2,1-3H3,(H,22,24)/b15-13-. The summed E-state index contributed by atoms with van der Waals surface area (Å²) in [5.41, 5.74) is 6.18. The van der Waals surface area contributed by atoms with Crippen LogP contribution in [0.4, 0.5) is 4.79 Å². The van der Waals surface area contributed by atoms with Crippen molar-refractivity contribution in [3.63, 3.8) is 0 Å². The number of carbonyl (C=O) groups excluding carboxylic acids is 2. The normalized spacial score (nSPS) is 10.6. The van der Waals surface area contributed by atoms with E-state index in [9.17, 15) is 14.9 Å². The monoisotopic (exact) mass is 390 g/mol. The maximum Gasteiger partial charge on any atom is 0.413 e. The Morgan fingerprint density at radius 1 is 1.29 bits per heavy atom. The molecule has 152 valence electrons. The van der Waals surface area contributed by atoms with E-state index < -0.39 is 12.0 Å². The molecule has 0 bridgehead atoms. The Kier molecular flexibility index (Phi) is 9.93. The van der Waals surface area contributed by atoms with Gasteiger partial charge in [0.05, 0.1) is 20.8 Å². The number of benzene rings is 1. The van der Waals surface area contributed by atoms with E-state index in [0.717, 1.165) is 16.7 Å². The van der Waals surface area contributed by atoms with Crippen LogP contribution in [-0.2, 0) is 16.0 Å². The zero-order valence-electron chi connectivity index (χ0n) is 16.4. The van der Waals surface area contributed by atoms with Crippen molar-refractivity contribution in [1.29, 1.82) is 5.26 Å². The topological polar surface area (TPSA) is 127 Å². The molecule has 0 fully saturated rings. The van der Waals surface area contributed by atoms with E-state index in [1.54, 1.807) is 33.3 Å². The van der Waals surface area contributed by atoms with Gasteiger partial charge in [-0.2, -0.15) is 5.26 Å². The number of nitriles is 1. The van der Waals surface area contributed by atoms with Crippen LogP contribution >= 0.6 is 0 Å². The zero-order chi connectivity index (χ0) is 20.9. The van der Waals surface area contributed by atoms with Crippen LogP contribution < -0.4 is 20.5 Å². The van der Waals surface area contributed by atoms with Crippen molar-refractivity contribution >= 4 is 12.0 Å². The van der Waals surface area contributed by atoms with Gasteiger partial charge < -0.3 is 25.3 Å². The lowest BCUT2D eigenvalue weighted by molar-refractivity contribution is -0.117. The van der Waals surface area contributed by atoms with Crippen molar-refractivity contribution in [3.05, 3.63) is 35.5 Å². The van der Waals surface area contributed by atoms with Gasteiger partial charge in [0.2, 0.25) is 0 Å². The van der Waals surface area contributed by atoms with E-state index in [1.165, 1.54) is 0 Å². The number of hydrogen-bond donors (Lipinski definition) is 2. The van der Waals surface area contributed by atoms with Crippen LogP contribution in [-0.4, -0.2) is 57.4 Å². The maximum atomic E-state index is 12.3. The zero-order valence-corrected chi connectivity index (χ0v) is 16.4. The van der Waals surface area contributed by atoms with E-state index in [0.29, 0.717) is 24.5 Å². The van der Waals surface area contributed by atoms with Crippen molar-refractivity contribution in [3.8, 4) is 17.6 Å². The first-order valence-electron chi connectivity index (χ1n) is 8.75. The first kappa shape index (κ1) is 22.8. The van der Waals surface area contributed by atoms with Crippen LogP contribution in [0.15, 0.2) is 30.0 Å². The third kappa shape index (κ3) is 6.81. The van der Waals surface area contributed by atoms with Crippen LogP contribution in [0.1, 0.15) is 12.5 Å². The molecule has 1 rings (SSSR count). The molecular weight excluding hydrogens is 364 g/mol. The van der Waals surface area contributed by atoms with Gasteiger partial charge in [0.15, 0.2) is 11.5 Å². The predicted octanol–water partition coefficient (Wildman–Crippen LogP) is 1.19. The minimum absolute atomic E-state index is 0.128. The molecule has 0 aliphatic carbocycles. The van der Waals surface area contributed by atoms with Gasteiger partial charge in [-0.3, -0.25) is 9.69 Å². The highest BCUT2D eigenvalue weighted by Gasteiger charge is 2.16. The Morgan fingerprint density at radius 3 is 2.57 bits per heavy atom. The number of carbonyl (C=O) groups is 2.